The second-order valence-corrected chi connectivity index (χ2v) is 5.84. The molecule has 0 saturated heterocycles. The molecule has 0 aliphatic carbocycles. The highest BCUT2D eigenvalue weighted by atomic mass is 28.4. The molecule has 0 heterocycles. The van der Waals surface area contributed by atoms with Gasteiger partial charge >= 0.3 is 8.80 Å². The lowest BCUT2D eigenvalue weighted by Crippen LogP contribution is -2.47. The topological polar surface area (TPSA) is 61.8 Å². The van der Waals surface area contributed by atoms with E-state index >= 15 is 0 Å². The van der Waals surface area contributed by atoms with Gasteiger partial charge in [-0.3, -0.25) is 9.59 Å². The Hall–Kier alpha value is -0.883. The summed E-state index contributed by atoms with van der Waals surface area (Å²) in [4.78, 5) is 21.8. The van der Waals surface area contributed by atoms with Crippen molar-refractivity contribution in [1.82, 2.24) is 0 Å². The predicted octanol–water partition coefficient (Wildman–Crippen LogP) is 1.50. The summed E-state index contributed by atoms with van der Waals surface area (Å²) in [6.45, 7) is 6.66. The van der Waals surface area contributed by atoms with Crippen molar-refractivity contribution >= 4 is 20.7 Å². The molecule has 0 bridgehead atoms. The fourth-order valence-electron chi connectivity index (χ4n) is 1.02. The minimum absolute atomic E-state index is 0.395. The molecule has 0 unspecified atom stereocenters. The van der Waals surface area contributed by atoms with E-state index in [1.54, 1.807) is 6.92 Å². The van der Waals surface area contributed by atoms with Gasteiger partial charge in [0.2, 0.25) is 0 Å². The molecule has 15 heavy (non-hydrogen) atoms. The van der Waals surface area contributed by atoms with Crippen LogP contribution in [0.5, 0.6) is 0 Å². The Bertz CT molecular complexity index is 213. The van der Waals surface area contributed by atoms with Crippen LogP contribution in [-0.4, -0.2) is 27.3 Å². The third-order valence-electron chi connectivity index (χ3n) is 1.56. The average molecular weight is 234 g/mol. The minimum Gasteiger partial charge on any atom is -0.464 e. The molecule has 5 nitrogen and oxygen atoms in total. The van der Waals surface area contributed by atoms with Crippen molar-refractivity contribution in [2.24, 2.45) is 0 Å². The average Bonchev–Trinajstić information content (AvgIpc) is 2.12. The molecule has 0 aromatic rings. The first-order valence-corrected chi connectivity index (χ1v) is 6.92. The maximum atomic E-state index is 10.9. The third-order valence-corrected chi connectivity index (χ3v) is 4.26. The first-order valence-electron chi connectivity index (χ1n) is 4.99. The molecule has 0 atom stereocenters. The summed E-state index contributed by atoms with van der Waals surface area (Å²) in [6.07, 6.45) is 0.775. The van der Waals surface area contributed by atoms with Crippen LogP contribution in [0.4, 0.5) is 0 Å². The molecule has 88 valence electrons. The maximum Gasteiger partial charge on any atom is 0.635 e. The van der Waals surface area contributed by atoms with Gasteiger partial charge in [-0.2, -0.15) is 0 Å². The molecule has 0 radical (unpaired) electrons. The van der Waals surface area contributed by atoms with E-state index in [0.717, 1.165) is 6.42 Å². The monoisotopic (exact) mass is 234 g/mol. The molecule has 0 amide bonds. The predicted molar refractivity (Wildman–Crippen MR) is 56.0 cm³/mol. The molecule has 0 aromatic heterocycles. The first kappa shape index (κ1) is 14.1. The van der Waals surface area contributed by atoms with E-state index in [-0.39, 0.29) is 0 Å². The summed E-state index contributed by atoms with van der Waals surface area (Å²) >= 11 is 0. The summed E-state index contributed by atoms with van der Waals surface area (Å²) in [5.41, 5.74) is 0. The summed E-state index contributed by atoms with van der Waals surface area (Å²) in [6, 6.07) is 0.395. The Kier molecular flexibility index (Phi) is 6.19. The summed E-state index contributed by atoms with van der Waals surface area (Å²) in [5, 5.41) is 0. The summed E-state index contributed by atoms with van der Waals surface area (Å²) in [5.74, 6) is -0.971. The van der Waals surface area contributed by atoms with Crippen molar-refractivity contribution < 1.29 is 22.9 Å². The van der Waals surface area contributed by atoms with Crippen molar-refractivity contribution in [1.29, 1.82) is 0 Å². The lowest BCUT2D eigenvalue weighted by Gasteiger charge is -2.25. The van der Waals surface area contributed by atoms with E-state index < -0.39 is 20.7 Å². The van der Waals surface area contributed by atoms with E-state index in [2.05, 4.69) is 0 Å². The molecule has 0 aliphatic heterocycles. The number of carbonyl (C=O) groups is 2. The highest BCUT2D eigenvalue weighted by Crippen LogP contribution is 2.16. The van der Waals surface area contributed by atoms with Crippen molar-refractivity contribution in [2.75, 3.05) is 6.61 Å². The van der Waals surface area contributed by atoms with Crippen molar-refractivity contribution in [3.63, 3.8) is 0 Å². The Labute approximate surface area is 91.1 Å². The summed E-state index contributed by atoms with van der Waals surface area (Å²) < 4.78 is 15.5. The molecule has 0 rings (SSSR count). The third kappa shape index (κ3) is 5.53. The smallest absolute Gasteiger partial charge is 0.464 e. The van der Waals surface area contributed by atoms with Crippen LogP contribution in [0.25, 0.3) is 0 Å². The SMILES string of the molecule is CCCO[Si](CC)(OC(C)=O)OC(C)=O. The molecule has 0 spiro atoms. The van der Waals surface area contributed by atoms with Gasteiger partial charge in [0.05, 0.1) is 0 Å². The van der Waals surface area contributed by atoms with Crippen molar-refractivity contribution in [3.8, 4) is 0 Å². The first-order chi connectivity index (χ1) is 6.95. The van der Waals surface area contributed by atoms with Crippen LogP contribution in [0.3, 0.4) is 0 Å². The van der Waals surface area contributed by atoms with Crippen LogP contribution in [0.2, 0.25) is 6.04 Å². The molecular formula is C9H18O5Si. The van der Waals surface area contributed by atoms with Gasteiger partial charge in [0.1, 0.15) is 0 Å². The Morgan fingerprint density at radius 1 is 1.07 bits per heavy atom. The quantitative estimate of drug-likeness (QED) is 0.652. The number of rotatable bonds is 6. The normalized spacial score (nSPS) is 10.9. The number of carbonyl (C=O) groups excluding carboxylic acids is 2. The largest absolute Gasteiger partial charge is 0.635 e. The van der Waals surface area contributed by atoms with Gasteiger partial charge < -0.3 is 13.3 Å². The fourth-order valence-corrected chi connectivity index (χ4v) is 3.07. The summed E-state index contributed by atoms with van der Waals surface area (Å²) in [7, 11) is -3.12. The zero-order valence-corrected chi connectivity index (χ0v) is 10.7. The van der Waals surface area contributed by atoms with Gasteiger partial charge in [0, 0.05) is 26.5 Å². The van der Waals surface area contributed by atoms with Crippen LogP contribution in [-0.2, 0) is 22.9 Å². The lowest BCUT2D eigenvalue weighted by atomic mass is 10.5. The van der Waals surface area contributed by atoms with E-state index in [0.29, 0.717) is 12.7 Å². The standard InChI is InChI=1S/C9H18O5Si/c1-5-7-12-15(6-2,13-8(3)10)14-9(4)11/h5-7H2,1-4H3. The van der Waals surface area contributed by atoms with Crippen LogP contribution in [0.15, 0.2) is 0 Å². The van der Waals surface area contributed by atoms with Gasteiger partial charge in [-0.15, -0.1) is 0 Å². The van der Waals surface area contributed by atoms with Crippen molar-refractivity contribution in [2.45, 2.75) is 40.2 Å². The number of hydrogen-bond acceptors (Lipinski definition) is 5. The molecule has 0 fully saturated rings. The molecule has 0 N–H and O–H groups in total. The zero-order chi connectivity index (χ0) is 11.9. The molecule has 0 aromatic carbocycles. The van der Waals surface area contributed by atoms with E-state index in [1.807, 2.05) is 6.92 Å². The lowest BCUT2D eigenvalue weighted by molar-refractivity contribution is -0.143. The molecular weight excluding hydrogens is 216 g/mol. The van der Waals surface area contributed by atoms with Crippen LogP contribution < -0.4 is 0 Å². The van der Waals surface area contributed by atoms with E-state index in [9.17, 15) is 9.59 Å². The zero-order valence-electron chi connectivity index (χ0n) is 9.66. The van der Waals surface area contributed by atoms with Gasteiger partial charge in [-0.1, -0.05) is 13.8 Å². The van der Waals surface area contributed by atoms with Crippen LogP contribution >= 0.6 is 0 Å². The van der Waals surface area contributed by atoms with Gasteiger partial charge in [0.25, 0.3) is 11.9 Å². The molecule has 0 saturated carbocycles. The minimum atomic E-state index is -3.12. The Morgan fingerprint density at radius 2 is 1.53 bits per heavy atom. The van der Waals surface area contributed by atoms with E-state index in [4.69, 9.17) is 13.3 Å². The van der Waals surface area contributed by atoms with Crippen LogP contribution in [0.1, 0.15) is 34.1 Å². The van der Waals surface area contributed by atoms with Gasteiger partial charge in [0.15, 0.2) is 0 Å². The maximum absolute atomic E-state index is 10.9. The Balaban J connectivity index is 4.58. The highest BCUT2D eigenvalue weighted by molar-refractivity contribution is 6.63. The van der Waals surface area contributed by atoms with Crippen LogP contribution in [0, 0.1) is 0 Å². The van der Waals surface area contributed by atoms with Gasteiger partial charge in [-0.05, 0) is 6.42 Å². The fraction of sp³-hybridized carbons (Fsp3) is 0.778. The Morgan fingerprint density at radius 3 is 1.80 bits per heavy atom. The second-order valence-electron chi connectivity index (χ2n) is 3.07. The highest BCUT2D eigenvalue weighted by Gasteiger charge is 2.46. The second kappa shape index (κ2) is 6.57. The van der Waals surface area contributed by atoms with Crippen molar-refractivity contribution in [3.05, 3.63) is 0 Å². The molecule has 6 heteroatoms. The molecule has 0 aliphatic rings. The van der Waals surface area contributed by atoms with Gasteiger partial charge in [-0.25, -0.2) is 0 Å². The number of hydrogen-bond donors (Lipinski definition) is 0. The van der Waals surface area contributed by atoms with E-state index in [1.165, 1.54) is 13.8 Å².